The van der Waals surface area contributed by atoms with Gasteiger partial charge in [-0.2, -0.15) is 0 Å². The average molecular weight is 340 g/mol. The Hall–Kier alpha value is -0.840. The number of halogens is 3. The minimum atomic E-state index is -1.68. The van der Waals surface area contributed by atoms with Crippen molar-refractivity contribution in [2.45, 2.75) is 23.8 Å². The molecule has 0 fully saturated rings. The van der Waals surface area contributed by atoms with Crippen LogP contribution in [0.25, 0.3) is 0 Å². The maximum Gasteiger partial charge on any atom is 0.228 e. The molecule has 112 valence electrons. The van der Waals surface area contributed by atoms with Gasteiger partial charge in [-0.25, -0.2) is 0 Å². The minimum Gasteiger partial charge on any atom is -0.497 e. The molecule has 2 N–H and O–H groups in total. The Morgan fingerprint density at radius 3 is 2.15 bits per heavy atom. The lowest BCUT2D eigenvalue weighted by Crippen LogP contribution is -2.50. The molecule has 1 amide bonds. The lowest BCUT2D eigenvalue weighted by Gasteiger charge is -2.28. The summed E-state index contributed by atoms with van der Waals surface area (Å²) in [4.78, 5) is 11.7. The molecule has 1 atom stereocenters. The maximum atomic E-state index is 11.7. The van der Waals surface area contributed by atoms with Crippen LogP contribution in [0.15, 0.2) is 24.3 Å². The van der Waals surface area contributed by atoms with Gasteiger partial charge in [-0.3, -0.25) is 4.79 Å². The third kappa shape index (κ3) is 5.27. The van der Waals surface area contributed by atoms with Crippen molar-refractivity contribution in [2.75, 3.05) is 12.4 Å². The van der Waals surface area contributed by atoms with Gasteiger partial charge in [0.1, 0.15) is 11.9 Å². The number of benzene rings is 1. The number of carbonyl (C=O) groups excluding carboxylic acids is 1. The highest BCUT2D eigenvalue weighted by molar-refractivity contribution is 6.68. The zero-order valence-electron chi connectivity index (χ0n) is 11.4. The molecule has 20 heavy (non-hydrogen) atoms. The Morgan fingerprint density at radius 2 is 1.75 bits per heavy atom. The molecule has 0 radical (unpaired) electrons. The van der Waals surface area contributed by atoms with Gasteiger partial charge in [0.2, 0.25) is 9.70 Å². The highest BCUT2D eigenvalue weighted by Gasteiger charge is 2.34. The fraction of sp³-hybridized carbons (Fsp3) is 0.462. The summed E-state index contributed by atoms with van der Waals surface area (Å²) in [6.45, 7) is 3.52. The summed E-state index contributed by atoms with van der Waals surface area (Å²) in [5.41, 5.74) is 0.700. The van der Waals surface area contributed by atoms with Gasteiger partial charge in [0.15, 0.2) is 0 Å². The van der Waals surface area contributed by atoms with E-state index >= 15 is 0 Å². The molecule has 0 aliphatic rings. The second kappa shape index (κ2) is 7.25. The van der Waals surface area contributed by atoms with Crippen molar-refractivity contribution in [3.63, 3.8) is 0 Å². The molecule has 0 spiro atoms. The van der Waals surface area contributed by atoms with Crippen LogP contribution in [-0.4, -0.2) is 23.0 Å². The summed E-state index contributed by atoms with van der Waals surface area (Å²) < 4.78 is 3.39. The van der Waals surface area contributed by atoms with Crippen LogP contribution < -0.4 is 15.4 Å². The summed E-state index contributed by atoms with van der Waals surface area (Å²) in [6.07, 6.45) is -0.837. The van der Waals surface area contributed by atoms with Gasteiger partial charge in [0, 0.05) is 11.6 Å². The first kappa shape index (κ1) is 17.2. The number of methoxy groups -OCH3 is 1. The second-order valence-corrected chi connectivity index (χ2v) is 6.88. The number of nitrogens with one attached hydrogen (secondary N) is 2. The van der Waals surface area contributed by atoms with E-state index in [1.807, 2.05) is 0 Å². The van der Waals surface area contributed by atoms with Crippen LogP contribution in [0.4, 0.5) is 5.69 Å². The SMILES string of the molecule is COc1ccc(NC(NC(=O)C(C)C)C(Cl)(Cl)Cl)cc1. The summed E-state index contributed by atoms with van der Waals surface area (Å²) in [7, 11) is 1.58. The van der Waals surface area contributed by atoms with Crippen molar-refractivity contribution in [1.82, 2.24) is 5.32 Å². The molecule has 0 bridgehead atoms. The van der Waals surface area contributed by atoms with Crippen molar-refractivity contribution in [1.29, 1.82) is 0 Å². The highest BCUT2D eigenvalue weighted by Crippen LogP contribution is 2.31. The van der Waals surface area contributed by atoms with Gasteiger partial charge >= 0.3 is 0 Å². The van der Waals surface area contributed by atoms with Crippen LogP contribution in [0.1, 0.15) is 13.8 Å². The van der Waals surface area contributed by atoms with Gasteiger partial charge in [-0.05, 0) is 24.3 Å². The van der Waals surface area contributed by atoms with Gasteiger partial charge in [0.25, 0.3) is 0 Å². The summed E-state index contributed by atoms with van der Waals surface area (Å²) in [5.74, 6) is 0.303. The van der Waals surface area contributed by atoms with Crippen LogP contribution in [0, 0.1) is 5.92 Å². The zero-order chi connectivity index (χ0) is 15.3. The summed E-state index contributed by atoms with van der Waals surface area (Å²) >= 11 is 17.7. The Balaban J connectivity index is 2.81. The predicted molar refractivity (Wildman–Crippen MR) is 83.7 cm³/mol. The first-order valence-electron chi connectivity index (χ1n) is 6.01. The Kier molecular flexibility index (Phi) is 6.24. The largest absolute Gasteiger partial charge is 0.497 e. The Bertz CT molecular complexity index is 444. The van der Waals surface area contributed by atoms with Crippen LogP contribution in [0.2, 0.25) is 0 Å². The molecule has 7 heteroatoms. The van der Waals surface area contributed by atoms with E-state index in [-0.39, 0.29) is 11.8 Å². The molecule has 4 nitrogen and oxygen atoms in total. The molecular weight excluding hydrogens is 323 g/mol. The van der Waals surface area contributed by atoms with E-state index in [9.17, 15) is 4.79 Å². The van der Waals surface area contributed by atoms with Gasteiger partial charge in [-0.1, -0.05) is 48.7 Å². The number of rotatable bonds is 5. The number of amides is 1. The predicted octanol–water partition coefficient (Wildman–Crippen LogP) is 3.58. The van der Waals surface area contributed by atoms with Crippen molar-refractivity contribution in [2.24, 2.45) is 5.92 Å². The molecule has 1 unspecified atom stereocenters. The van der Waals surface area contributed by atoms with Crippen molar-refractivity contribution >= 4 is 46.4 Å². The molecule has 1 rings (SSSR count). The smallest absolute Gasteiger partial charge is 0.228 e. The van der Waals surface area contributed by atoms with Crippen LogP contribution in [-0.2, 0) is 4.79 Å². The first-order chi connectivity index (χ1) is 9.24. The number of alkyl halides is 3. The quantitative estimate of drug-likeness (QED) is 0.637. The molecule has 0 saturated heterocycles. The molecule has 0 aliphatic carbocycles. The van der Waals surface area contributed by atoms with Crippen LogP contribution >= 0.6 is 34.8 Å². The van der Waals surface area contributed by atoms with E-state index in [0.717, 1.165) is 0 Å². The molecule has 1 aromatic rings. The van der Waals surface area contributed by atoms with E-state index in [1.165, 1.54) is 0 Å². The standard InChI is InChI=1S/C13H17Cl3N2O2/c1-8(2)11(19)18-12(13(14,15)16)17-9-4-6-10(20-3)7-5-9/h4-8,12,17H,1-3H3,(H,18,19). The highest BCUT2D eigenvalue weighted by atomic mass is 35.6. The fourth-order valence-electron chi connectivity index (χ4n) is 1.36. The topological polar surface area (TPSA) is 50.4 Å². The third-order valence-corrected chi connectivity index (χ3v) is 3.19. The summed E-state index contributed by atoms with van der Waals surface area (Å²) in [6, 6.07) is 7.07. The molecule has 1 aromatic carbocycles. The van der Waals surface area contributed by atoms with Crippen molar-refractivity contribution in [3.8, 4) is 5.75 Å². The number of carbonyl (C=O) groups is 1. The first-order valence-corrected chi connectivity index (χ1v) is 7.15. The summed E-state index contributed by atoms with van der Waals surface area (Å²) in [5, 5.41) is 5.63. The normalized spacial score (nSPS) is 12.9. The third-order valence-electron chi connectivity index (χ3n) is 2.54. The lowest BCUT2D eigenvalue weighted by molar-refractivity contribution is -0.124. The molecular formula is C13H17Cl3N2O2. The Morgan fingerprint density at radius 1 is 1.20 bits per heavy atom. The fourth-order valence-corrected chi connectivity index (χ4v) is 1.69. The van der Waals surface area contributed by atoms with E-state index < -0.39 is 9.96 Å². The van der Waals surface area contributed by atoms with Crippen LogP contribution in [0.3, 0.4) is 0 Å². The molecule has 0 heterocycles. The Labute approximate surface area is 133 Å². The number of anilines is 1. The molecule has 0 aliphatic heterocycles. The minimum absolute atomic E-state index is 0.206. The molecule has 0 aromatic heterocycles. The van der Waals surface area contributed by atoms with E-state index in [4.69, 9.17) is 39.5 Å². The monoisotopic (exact) mass is 338 g/mol. The van der Waals surface area contributed by atoms with Crippen molar-refractivity contribution < 1.29 is 9.53 Å². The van der Waals surface area contributed by atoms with Crippen molar-refractivity contribution in [3.05, 3.63) is 24.3 Å². The maximum absolute atomic E-state index is 11.7. The number of ether oxygens (including phenoxy) is 1. The lowest BCUT2D eigenvalue weighted by atomic mass is 10.2. The van der Waals surface area contributed by atoms with E-state index in [1.54, 1.807) is 45.2 Å². The number of hydrogen-bond donors (Lipinski definition) is 2. The van der Waals surface area contributed by atoms with E-state index in [0.29, 0.717) is 11.4 Å². The number of hydrogen-bond acceptors (Lipinski definition) is 3. The van der Waals surface area contributed by atoms with Gasteiger partial charge < -0.3 is 15.4 Å². The van der Waals surface area contributed by atoms with E-state index in [2.05, 4.69) is 10.6 Å². The van der Waals surface area contributed by atoms with Crippen LogP contribution in [0.5, 0.6) is 5.75 Å². The van der Waals surface area contributed by atoms with Gasteiger partial charge in [-0.15, -0.1) is 0 Å². The zero-order valence-corrected chi connectivity index (χ0v) is 13.7. The average Bonchev–Trinajstić information content (AvgIpc) is 2.37. The second-order valence-electron chi connectivity index (χ2n) is 4.51. The molecule has 0 saturated carbocycles. The van der Waals surface area contributed by atoms with Gasteiger partial charge in [0.05, 0.1) is 7.11 Å².